The summed E-state index contributed by atoms with van der Waals surface area (Å²) < 4.78 is 91.1. The minimum absolute atomic E-state index is 0.232. The van der Waals surface area contributed by atoms with Gasteiger partial charge in [0, 0.05) is 60.6 Å². The summed E-state index contributed by atoms with van der Waals surface area (Å²) in [4.78, 5) is 36.6. The summed E-state index contributed by atoms with van der Waals surface area (Å²) in [5.41, 5.74) is 13.6. The number of rotatable bonds is 28. The Morgan fingerprint density at radius 1 is 0.341 bits per heavy atom. The van der Waals surface area contributed by atoms with Gasteiger partial charge in [-0.25, -0.2) is 31.1 Å². The van der Waals surface area contributed by atoms with E-state index in [1.807, 2.05) is 91.0 Å². The first-order valence-electron chi connectivity index (χ1n) is 43.5. The molecule has 129 heavy (non-hydrogen) atoms. The van der Waals surface area contributed by atoms with Gasteiger partial charge in [-0.15, -0.1) is 0 Å². The van der Waals surface area contributed by atoms with Crippen LogP contribution in [-0.2, 0) is 39.9 Å². The second-order valence-corrected chi connectivity index (χ2v) is 42.2. The van der Waals surface area contributed by atoms with Crippen LogP contribution in [0.4, 0.5) is 0 Å². The van der Waals surface area contributed by atoms with Gasteiger partial charge in [0.2, 0.25) is 20.0 Å². The van der Waals surface area contributed by atoms with E-state index in [1.54, 1.807) is 91.0 Å². The Morgan fingerprint density at radius 2 is 0.612 bits per heavy atom. The number of aromatic carboxylic acids is 1. The summed E-state index contributed by atoms with van der Waals surface area (Å²) in [6.07, 6.45) is 17.1. The van der Waals surface area contributed by atoms with Crippen molar-refractivity contribution in [2.45, 2.75) is 206 Å². The summed E-state index contributed by atoms with van der Waals surface area (Å²) in [5.74, 6) is 4.84. The Bertz CT molecular complexity index is 6150. The third-order valence-corrected chi connectivity index (χ3v) is 32.3. The molecule has 12 aromatic rings. The van der Waals surface area contributed by atoms with E-state index >= 15 is 0 Å². The number of benzene rings is 9. The largest absolute Gasteiger partial charge is 0.489 e. The molecule has 8 fully saturated rings. The van der Waals surface area contributed by atoms with E-state index < -0.39 is 48.3 Å². The predicted octanol–water partition coefficient (Wildman–Crippen LogP) is 27.6. The van der Waals surface area contributed by atoms with E-state index in [1.165, 1.54) is 0 Å². The highest BCUT2D eigenvalue weighted by Crippen LogP contribution is 2.60. The number of amides is 2. The summed E-state index contributed by atoms with van der Waals surface area (Å²) >= 11 is 59.1. The number of hydrogen-bond donors (Lipinski definition) is 3. The number of carbonyl (C=O) groups excluding carboxylic acids is 2. The Kier molecular flexibility index (Phi) is 27.1. The molecule has 0 unspecified atom stereocenters. The number of carbonyl (C=O) groups is 3. The Morgan fingerprint density at radius 3 is 0.868 bits per heavy atom. The van der Waals surface area contributed by atoms with E-state index in [0.717, 1.165) is 164 Å². The molecule has 2 amide bonds. The molecule has 8 saturated carbocycles. The molecule has 20 rings (SSSR count). The molecule has 3 aromatic heterocycles. The zero-order valence-corrected chi connectivity index (χ0v) is 78.0. The highest BCUT2D eigenvalue weighted by Gasteiger charge is 2.45. The number of carboxylic acid groups (broad SMARTS) is 1. The van der Waals surface area contributed by atoms with Crippen molar-refractivity contribution < 1.29 is 64.1 Å². The Balaban J connectivity index is 0.000000131. The van der Waals surface area contributed by atoms with Gasteiger partial charge in [0.1, 0.15) is 71.4 Å². The molecule has 9 aromatic carbocycles. The standard InChI is InChI=1S/2C35H33Cl3N2O5S.C29H22Cl3NO4/c2*36-29-7-4-8-30(37)32(29)33-28(34(45-39-33)21-11-12-21)19-44-23-15-16-25(31(38)17-23)27-18-26(27)20-9-13-22(14-10-20)35(41)40-46(42,43)24-5-2-1-3-6-24;30-23-2-1-3-24(31)26(23)27-22(28(37-33-27)16-6-7-16)14-36-18-10-11-19(25(32)12-18)21-13-20(21)15-4-8-17(9-5-15)29(34)35/h2*4,7-10,13-17,21,24,26-27H,1-3,5-6,11-12,18-19H2,(H,40,41);1-5,8-12,16,20-21H,6-7,13-14H2,(H,34,35)/t2*26-,27-;20-,21-/m000/s1. The van der Waals surface area contributed by atoms with Crippen LogP contribution >= 0.6 is 104 Å². The summed E-state index contributed by atoms with van der Waals surface area (Å²) in [6.45, 7) is 0.718. The Labute approximate surface area is 792 Å². The van der Waals surface area contributed by atoms with Crippen LogP contribution in [0.25, 0.3) is 33.8 Å². The van der Waals surface area contributed by atoms with Gasteiger partial charge in [-0.1, -0.05) is 231 Å². The van der Waals surface area contributed by atoms with Crippen LogP contribution in [0, 0.1) is 0 Å². The summed E-state index contributed by atoms with van der Waals surface area (Å²) in [6, 6.07) is 54.8. The van der Waals surface area contributed by atoms with Gasteiger partial charge < -0.3 is 32.9 Å². The smallest absolute Gasteiger partial charge is 0.335 e. The van der Waals surface area contributed by atoms with Crippen molar-refractivity contribution in [2.75, 3.05) is 0 Å². The molecule has 668 valence electrons. The van der Waals surface area contributed by atoms with Crippen molar-refractivity contribution in [1.29, 1.82) is 0 Å². The lowest BCUT2D eigenvalue weighted by Crippen LogP contribution is -2.39. The zero-order valence-electron chi connectivity index (χ0n) is 69.5. The van der Waals surface area contributed by atoms with Gasteiger partial charge in [-0.2, -0.15) is 0 Å². The lowest BCUT2D eigenvalue weighted by atomic mass is 10.0. The van der Waals surface area contributed by atoms with Crippen LogP contribution in [0.2, 0.25) is 45.2 Å². The molecular weight excluding hydrogens is 1870 g/mol. The van der Waals surface area contributed by atoms with Crippen LogP contribution in [-0.4, -0.2) is 65.7 Å². The van der Waals surface area contributed by atoms with Crippen molar-refractivity contribution >= 4 is 142 Å². The second kappa shape index (κ2) is 38.6. The van der Waals surface area contributed by atoms with Crippen LogP contribution in [0.3, 0.4) is 0 Å². The molecule has 0 aliphatic heterocycles. The molecule has 19 nitrogen and oxygen atoms in total. The SMILES string of the molecule is O=C(NS(=O)(=O)C1CCCCC1)c1ccc([C@@H]2C[C@H]2c2ccc(OCc3c(-c4c(Cl)cccc4Cl)noc3C3CC3)cc2Cl)cc1.O=C(NS(=O)(=O)C1CCCCC1)c1ccc([C@@H]2C[C@H]2c2ccc(OCc3c(-c4c(Cl)cccc4Cl)noc3C3CC3)cc2Cl)cc1.O=C(O)c1ccc([C@@H]2C[C@H]2c2ccc(OCc3c(-c4c(Cl)cccc4Cl)noc3C3CC3)cc2Cl)cc1. The number of sulfonamides is 2. The third-order valence-electron chi connectivity index (χ3n) is 25.8. The fourth-order valence-electron chi connectivity index (χ4n) is 18.0. The number of nitrogens with zero attached hydrogens (tertiary/aromatic N) is 3. The fourth-order valence-corrected chi connectivity index (χ4v) is 23.6. The average Bonchev–Trinajstić information content (AvgIpc) is 1.64. The van der Waals surface area contributed by atoms with Crippen LogP contribution in [0.5, 0.6) is 17.2 Å². The zero-order chi connectivity index (χ0) is 89.7. The van der Waals surface area contributed by atoms with Crippen LogP contribution in [0.15, 0.2) is 196 Å². The number of ether oxygens (including phenoxy) is 3. The number of nitrogens with one attached hydrogen (secondary N) is 2. The number of hydrogen-bond acceptors (Lipinski definition) is 16. The normalized spacial score (nSPS) is 19.6. The van der Waals surface area contributed by atoms with E-state index in [4.69, 9.17) is 137 Å². The molecule has 0 saturated heterocycles. The molecule has 3 heterocycles. The molecule has 8 aliphatic rings. The molecular formula is C99H88Cl9N5O14S2. The predicted molar refractivity (Wildman–Crippen MR) is 502 cm³/mol. The lowest BCUT2D eigenvalue weighted by Gasteiger charge is -2.21. The highest BCUT2D eigenvalue weighted by atomic mass is 35.5. The monoisotopic (exact) mass is 1950 g/mol. The number of carboxylic acids is 1. The maximum Gasteiger partial charge on any atom is 0.335 e. The minimum Gasteiger partial charge on any atom is -0.489 e. The van der Waals surface area contributed by atoms with Gasteiger partial charge in [-0.05, 0) is 262 Å². The number of halogens is 9. The van der Waals surface area contributed by atoms with Gasteiger partial charge in [0.05, 0.1) is 62.9 Å². The minimum atomic E-state index is -3.68. The second-order valence-electron chi connectivity index (χ2n) is 34.6. The molecule has 0 spiro atoms. The lowest BCUT2D eigenvalue weighted by molar-refractivity contribution is 0.0696. The molecule has 30 heteroatoms. The van der Waals surface area contributed by atoms with E-state index in [9.17, 15) is 31.2 Å². The van der Waals surface area contributed by atoms with Crippen LogP contribution < -0.4 is 23.7 Å². The first-order chi connectivity index (χ1) is 62.3. The van der Waals surface area contributed by atoms with Crippen LogP contribution in [0.1, 0.15) is 274 Å². The van der Waals surface area contributed by atoms with Gasteiger partial charge in [0.15, 0.2) is 0 Å². The van der Waals surface area contributed by atoms with E-state index in [-0.39, 0.29) is 49.1 Å². The molecule has 8 aliphatic carbocycles. The van der Waals surface area contributed by atoms with Crippen molar-refractivity contribution in [1.82, 2.24) is 24.9 Å². The van der Waals surface area contributed by atoms with Crippen molar-refractivity contribution in [3.05, 3.63) is 311 Å². The van der Waals surface area contributed by atoms with Gasteiger partial charge in [-0.3, -0.25) is 9.59 Å². The molecule has 0 radical (unpaired) electrons. The van der Waals surface area contributed by atoms with Crippen molar-refractivity contribution in [3.63, 3.8) is 0 Å². The third kappa shape index (κ3) is 20.6. The average molecular weight is 1960 g/mol. The van der Waals surface area contributed by atoms with Crippen molar-refractivity contribution in [3.8, 4) is 51.0 Å². The highest BCUT2D eigenvalue weighted by molar-refractivity contribution is 7.91. The molecule has 6 atom stereocenters. The van der Waals surface area contributed by atoms with E-state index in [2.05, 4.69) is 24.9 Å². The summed E-state index contributed by atoms with van der Waals surface area (Å²) in [7, 11) is -7.36. The van der Waals surface area contributed by atoms with Crippen molar-refractivity contribution in [2.24, 2.45) is 0 Å². The molecule has 0 bridgehead atoms. The topological polar surface area (TPSA) is 270 Å². The quantitative estimate of drug-likeness (QED) is 0.0411. The van der Waals surface area contributed by atoms with Gasteiger partial charge >= 0.3 is 5.97 Å². The van der Waals surface area contributed by atoms with Gasteiger partial charge in [0.25, 0.3) is 11.8 Å². The fraction of sp³-hybridized carbons (Fsp3) is 0.333. The maximum absolute atomic E-state index is 12.7. The number of aromatic nitrogens is 3. The Hall–Kier alpha value is -9.07. The maximum atomic E-state index is 12.7. The first-order valence-corrected chi connectivity index (χ1v) is 50.0. The van der Waals surface area contributed by atoms with E-state index in [0.29, 0.717) is 163 Å². The first kappa shape index (κ1) is 90.5. The molecule has 3 N–H and O–H groups in total. The summed E-state index contributed by atoms with van der Waals surface area (Å²) in [5, 5.41) is 26.0.